The van der Waals surface area contributed by atoms with Gasteiger partial charge in [0.25, 0.3) is 11.8 Å². The second-order valence-electron chi connectivity index (χ2n) is 7.41. The minimum Gasteiger partial charge on any atom is -0.455 e. The molecule has 7 heteroatoms. The molecule has 6 nitrogen and oxygen atoms in total. The summed E-state index contributed by atoms with van der Waals surface area (Å²) >= 11 is 0. The predicted octanol–water partition coefficient (Wildman–Crippen LogP) is 4.47. The third-order valence-electron chi connectivity index (χ3n) is 5.37. The average Bonchev–Trinajstić information content (AvgIpc) is 3.14. The van der Waals surface area contributed by atoms with E-state index in [0.29, 0.717) is 35.4 Å². The van der Waals surface area contributed by atoms with Crippen molar-refractivity contribution in [1.29, 1.82) is 0 Å². The smallest absolute Gasteiger partial charge is 0.294 e. The fourth-order valence-corrected chi connectivity index (χ4v) is 3.69. The van der Waals surface area contributed by atoms with Gasteiger partial charge in [-0.1, -0.05) is 18.2 Å². The van der Waals surface area contributed by atoms with Crippen LogP contribution in [0.4, 0.5) is 10.1 Å². The van der Waals surface area contributed by atoms with Gasteiger partial charge in [0, 0.05) is 35.8 Å². The summed E-state index contributed by atoms with van der Waals surface area (Å²) < 4.78 is 19.0. The molecular formula is C24H22FN3O3. The zero-order valence-electron chi connectivity index (χ0n) is 17.3. The maximum absolute atomic E-state index is 13.1. The molecule has 0 unspecified atom stereocenters. The average molecular weight is 419 g/mol. The molecule has 3 aromatic rings. The van der Waals surface area contributed by atoms with Gasteiger partial charge in [-0.05, 0) is 56.2 Å². The van der Waals surface area contributed by atoms with E-state index < -0.39 is 11.7 Å². The Kier molecular flexibility index (Phi) is 5.66. The number of hydrogen-bond acceptors (Lipinski definition) is 4. The standard InChI is InChI=1S/C24H22FN3O3/c1-15-21-19(26-27-23(29)16-11-13-17(25)14-12-16)9-6-10-20(21)31-22(15)24(30)28(2)18-7-4-3-5-8-18/h3-5,7-8,11-14H,6,9-10H2,1-2H3,(H,27,29)/b26-19+. The molecule has 4 rings (SSSR count). The van der Waals surface area contributed by atoms with E-state index in [1.165, 1.54) is 24.3 Å². The zero-order chi connectivity index (χ0) is 22.0. The number of hydrogen-bond donors (Lipinski definition) is 1. The third-order valence-corrected chi connectivity index (χ3v) is 5.37. The molecule has 1 aliphatic carbocycles. The van der Waals surface area contributed by atoms with Crippen molar-refractivity contribution in [2.75, 3.05) is 11.9 Å². The number of nitrogens with one attached hydrogen (secondary N) is 1. The van der Waals surface area contributed by atoms with Crippen LogP contribution in [0.15, 0.2) is 64.1 Å². The van der Waals surface area contributed by atoms with Crippen LogP contribution in [-0.2, 0) is 6.42 Å². The molecule has 158 valence electrons. The van der Waals surface area contributed by atoms with Gasteiger partial charge in [-0.2, -0.15) is 5.10 Å². The zero-order valence-corrected chi connectivity index (χ0v) is 17.3. The molecule has 0 radical (unpaired) electrons. The molecule has 1 aliphatic rings. The highest BCUT2D eigenvalue weighted by Gasteiger charge is 2.29. The first-order valence-electron chi connectivity index (χ1n) is 10.0. The van der Waals surface area contributed by atoms with Gasteiger partial charge in [0.15, 0.2) is 5.76 Å². The van der Waals surface area contributed by atoms with Gasteiger partial charge in [0.1, 0.15) is 11.6 Å². The van der Waals surface area contributed by atoms with Crippen LogP contribution in [0.25, 0.3) is 0 Å². The van der Waals surface area contributed by atoms with Crippen molar-refractivity contribution in [3.8, 4) is 0 Å². The fraction of sp³-hybridized carbons (Fsp3) is 0.208. The molecule has 1 aromatic heterocycles. The van der Waals surface area contributed by atoms with Crippen molar-refractivity contribution in [2.45, 2.75) is 26.2 Å². The van der Waals surface area contributed by atoms with Crippen molar-refractivity contribution >= 4 is 23.2 Å². The lowest BCUT2D eigenvalue weighted by Gasteiger charge is -2.16. The first-order valence-corrected chi connectivity index (χ1v) is 10.0. The summed E-state index contributed by atoms with van der Waals surface area (Å²) in [5.41, 5.74) is 5.76. The number of fused-ring (bicyclic) bond motifs is 1. The SMILES string of the molecule is Cc1c(C(=O)N(C)c2ccccc2)oc2c1/C(=N/NC(=O)c1ccc(F)cc1)CCC2. The highest BCUT2D eigenvalue weighted by molar-refractivity contribution is 6.10. The predicted molar refractivity (Wildman–Crippen MR) is 116 cm³/mol. The molecular weight excluding hydrogens is 397 g/mol. The molecule has 2 amide bonds. The highest BCUT2D eigenvalue weighted by Crippen LogP contribution is 2.31. The Balaban J connectivity index is 1.59. The summed E-state index contributed by atoms with van der Waals surface area (Å²) in [5, 5.41) is 4.30. The first kappa shape index (κ1) is 20.5. The van der Waals surface area contributed by atoms with E-state index in [1.807, 2.05) is 37.3 Å². The lowest BCUT2D eigenvalue weighted by atomic mass is 9.93. The normalized spacial score (nSPS) is 14.2. The molecule has 0 aliphatic heterocycles. The Labute approximate surface area is 179 Å². The maximum atomic E-state index is 13.1. The van der Waals surface area contributed by atoms with Crippen LogP contribution in [0.2, 0.25) is 0 Å². The largest absolute Gasteiger partial charge is 0.455 e. The van der Waals surface area contributed by atoms with Crippen LogP contribution >= 0.6 is 0 Å². The number of aryl methyl sites for hydroxylation is 1. The van der Waals surface area contributed by atoms with Crippen molar-refractivity contribution in [2.24, 2.45) is 5.10 Å². The fourth-order valence-electron chi connectivity index (χ4n) is 3.69. The maximum Gasteiger partial charge on any atom is 0.294 e. The summed E-state index contributed by atoms with van der Waals surface area (Å²) in [4.78, 5) is 26.9. The molecule has 0 bridgehead atoms. The van der Waals surface area contributed by atoms with Gasteiger partial charge in [-0.25, -0.2) is 9.82 Å². The van der Waals surface area contributed by atoms with Crippen LogP contribution < -0.4 is 10.3 Å². The summed E-state index contributed by atoms with van der Waals surface area (Å²) in [7, 11) is 1.70. The number of carbonyl (C=O) groups is 2. The lowest BCUT2D eigenvalue weighted by Crippen LogP contribution is -2.26. The second kappa shape index (κ2) is 8.55. The summed E-state index contributed by atoms with van der Waals surface area (Å²) in [6, 6.07) is 14.6. The van der Waals surface area contributed by atoms with Gasteiger partial charge in [-0.15, -0.1) is 0 Å². The number of nitrogens with zero attached hydrogens (tertiary/aromatic N) is 2. The Hall–Kier alpha value is -3.74. The molecule has 0 fully saturated rings. The second-order valence-corrected chi connectivity index (χ2v) is 7.41. The lowest BCUT2D eigenvalue weighted by molar-refractivity contribution is 0.0950. The van der Waals surface area contributed by atoms with E-state index in [2.05, 4.69) is 10.5 Å². The van der Waals surface area contributed by atoms with Crippen LogP contribution in [0.5, 0.6) is 0 Å². The van der Waals surface area contributed by atoms with Crippen LogP contribution in [0.1, 0.15) is 50.6 Å². The summed E-state index contributed by atoms with van der Waals surface area (Å²) in [6.45, 7) is 1.83. The molecule has 31 heavy (non-hydrogen) atoms. The van der Waals surface area contributed by atoms with Crippen LogP contribution in [0.3, 0.4) is 0 Å². The Bertz CT molecular complexity index is 1150. The van der Waals surface area contributed by atoms with Gasteiger partial charge in [-0.3, -0.25) is 9.59 Å². The van der Waals surface area contributed by atoms with Crippen molar-refractivity contribution < 1.29 is 18.4 Å². The number of benzene rings is 2. The Morgan fingerprint density at radius 3 is 2.48 bits per heavy atom. The van der Waals surface area contributed by atoms with Crippen molar-refractivity contribution in [1.82, 2.24) is 5.43 Å². The van der Waals surface area contributed by atoms with Crippen LogP contribution in [0, 0.1) is 12.7 Å². The summed E-state index contributed by atoms with van der Waals surface area (Å²) in [6.07, 6.45) is 2.15. The number of para-hydroxylation sites is 1. The first-order chi connectivity index (χ1) is 15.0. The van der Waals surface area contributed by atoms with E-state index in [0.717, 1.165) is 17.7 Å². The molecule has 0 saturated heterocycles. The molecule has 0 saturated carbocycles. The Morgan fingerprint density at radius 1 is 1.06 bits per heavy atom. The number of halogens is 1. The topological polar surface area (TPSA) is 74.9 Å². The van der Waals surface area contributed by atoms with E-state index in [4.69, 9.17) is 4.42 Å². The highest BCUT2D eigenvalue weighted by atomic mass is 19.1. The number of anilines is 1. The van der Waals surface area contributed by atoms with E-state index in [-0.39, 0.29) is 11.7 Å². The Morgan fingerprint density at radius 2 is 1.77 bits per heavy atom. The van der Waals surface area contributed by atoms with E-state index in [9.17, 15) is 14.0 Å². The monoisotopic (exact) mass is 419 g/mol. The minimum atomic E-state index is -0.430. The van der Waals surface area contributed by atoms with E-state index >= 15 is 0 Å². The number of furan rings is 1. The quantitative estimate of drug-likeness (QED) is 0.634. The minimum absolute atomic E-state index is 0.243. The van der Waals surface area contributed by atoms with Crippen molar-refractivity contribution in [3.05, 3.63) is 88.6 Å². The molecule has 0 atom stereocenters. The number of hydrazone groups is 1. The van der Waals surface area contributed by atoms with Crippen LogP contribution in [-0.4, -0.2) is 24.6 Å². The number of amides is 2. The molecule has 2 aromatic carbocycles. The third kappa shape index (κ3) is 4.12. The van der Waals surface area contributed by atoms with E-state index in [1.54, 1.807) is 11.9 Å². The van der Waals surface area contributed by atoms with Gasteiger partial charge in [0.2, 0.25) is 0 Å². The van der Waals surface area contributed by atoms with Crippen molar-refractivity contribution in [3.63, 3.8) is 0 Å². The number of rotatable bonds is 4. The number of carbonyl (C=O) groups excluding carboxylic acids is 2. The summed E-state index contributed by atoms with van der Waals surface area (Å²) in [5.74, 6) is -0.112. The molecule has 0 spiro atoms. The van der Waals surface area contributed by atoms with Gasteiger partial charge < -0.3 is 9.32 Å². The van der Waals surface area contributed by atoms with Gasteiger partial charge >= 0.3 is 0 Å². The molecule has 1 heterocycles. The van der Waals surface area contributed by atoms with Gasteiger partial charge in [0.05, 0.1) is 5.71 Å². The molecule has 1 N–H and O–H groups in total.